The van der Waals surface area contributed by atoms with Crippen LogP contribution in [-0.4, -0.2) is 25.2 Å². The van der Waals surface area contributed by atoms with Crippen LogP contribution in [0.5, 0.6) is 0 Å². The zero-order chi connectivity index (χ0) is 12.6. The van der Waals surface area contributed by atoms with Crippen molar-refractivity contribution in [3.63, 3.8) is 0 Å². The van der Waals surface area contributed by atoms with Crippen molar-refractivity contribution >= 4 is 17.3 Å². The summed E-state index contributed by atoms with van der Waals surface area (Å²) in [6.07, 6.45) is 3.27. The average Bonchev–Trinajstić information content (AvgIpc) is 2.83. The molecule has 0 spiro atoms. The zero-order valence-corrected chi connectivity index (χ0v) is 11.1. The topological polar surface area (TPSA) is 60.7 Å². The Morgan fingerprint density at radius 3 is 2.65 bits per heavy atom. The molecular weight excluding hydrogens is 236 g/mol. The summed E-state index contributed by atoms with van der Waals surface area (Å²) >= 11 is 1.14. The second-order valence-electron chi connectivity index (χ2n) is 4.93. The van der Waals surface area contributed by atoms with Crippen LogP contribution in [0.4, 0.5) is 0 Å². The van der Waals surface area contributed by atoms with E-state index in [9.17, 15) is 4.79 Å². The molecule has 0 bridgehead atoms. The number of aryl methyl sites for hydroxylation is 1. The van der Waals surface area contributed by atoms with Crippen LogP contribution in [0.2, 0.25) is 0 Å². The van der Waals surface area contributed by atoms with Crippen LogP contribution in [0.3, 0.4) is 0 Å². The maximum absolute atomic E-state index is 12.3. The summed E-state index contributed by atoms with van der Waals surface area (Å²) in [7, 11) is 1.78. The molecule has 0 atom stereocenters. The fraction of sp³-hybridized carbons (Fsp3) is 0.455. The molecule has 0 aromatic carbocycles. The molecule has 0 unspecified atom stereocenters. The molecule has 2 rings (SSSR count). The van der Waals surface area contributed by atoms with E-state index in [-0.39, 0.29) is 11.2 Å². The van der Waals surface area contributed by atoms with Crippen LogP contribution in [0, 0.1) is 0 Å². The highest BCUT2D eigenvalue weighted by molar-refractivity contribution is 7.08. The molecule has 5 nitrogen and oxygen atoms in total. The van der Waals surface area contributed by atoms with E-state index in [0.29, 0.717) is 10.4 Å². The van der Waals surface area contributed by atoms with Crippen LogP contribution >= 0.6 is 11.5 Å². The summed E-state index contributed by atoms with van der Waals surface area (Å²) in [6, 6.07) is 0. The van der Waals surface area contributed by atoms with E-state index in [4.69, 9.17) is 0 Å². The fourth-order valence-electron chi connectivity index (χ4n) is 1.50. The summed E-state index contributed by atoms with van der Waals surface area (Å²) < 4.78 is 5.50. The van der Waals surface area contributed by atoms with Gasteiger partial charge in [0.25, 0.3) is 0 Å². The lowest BCUT2D eigenvalue weighted by atomic mass is 9.90. The smallest absolute Gasteiger partial charge is 0.209 e. The van der Waals surface area contributed by atoms with Gasteiger partial charge >= 0.3 is 0 Å². The number of rotatable bonds is 2. The van der Waals surface area contributed by atoms with E-state index in [1.807, 2.05) is 20.8 Å². The third-order valence-corrected chi connectivity index (χ3v) is 3.10. The van der Waals surface area contributed by atoms with Gasteiger partial charge in [0, 0.05) is 18.7 Å². The zero-order valence-electron chi connectivity index (χ0n) is 10.3. The summed E-state index contributed by atoms with van der Waals surface area (Å²) in [5.74, 6) is -0.0574. The molecule has 6 heteroatoms. The van der Waals surface area contributed by atoms with Crippen molar-refractivity contribution in [2.24, 2.45) is 7.05 Å². The highest BCUT2D eigenvalue weighted by Gasteiger charge is 2.27. The van der Waals surface area contributed by atoms with Gasteiger partial charge in [-0.2, -0.15) is 5.10 Å². The number of carbonyl (C=O) groups is 1. The van der Waals surface area contributed by atoms with E-state index in [1.165, 1.54) is 0 Å². The van der Waals surface area contributed by atoms with E-state index >= 15 is 0 Å². The highest BCUT2D eigenvalue weighted by atomic mass is 32.1. The third kappa shape index (κ3) is 2.26. The van der Waals surface area contributed by atoms with Crippen LogP contribution in [-0.2, 0) is 12.5 Å². The molecule has 2 aromatic rings. The normalized spacial score (nSPS) is 11.8. The predicted octanol–water partition coefficient (Wildman–Crippen LogP) is 1.80. The predicted molar refractivity (Wildman–Crippen MR) is 65.2 cm³/mol. The van der Waals surface area contributed by atoms with Crippen molar-refractivity contribution in [2.75, 3.05) is 0 Å². The summed E-state index contributed by atoms with van der Waals surface area (Å²) in [4.78, 5) is 12.9. The van der Waals surface area contributed by atoms with Gasteiger partial charge in [0.15, 0.2) is 0 Å². The number of nitrogens with zero attached hydrogens (tertiary/aromatic N) is 4. The van der Waals surface area contributed by atoms with Crippen molar-refractivity contribution in [1.82, 2.24) is 19.4 Å². The Morgan fingerprint density at radius 1 is 1.41 bits per heavy atom. The van der Waals surface area contributed by atoms with Gasteiger partial charge in [-0.1, -0.05) is 25.3 Å². The summed E-state index contributed by atoms with van der Waals surface area (Å²) in [5.41, 5.74) is 1.14. The van der Waals surface area contributed by atoms with Gasteiger partial charge in [-0.05, 0) is 11.5 Å². The molecule has 0 aliphatic carbocycles. The first-order valence-corrected chi connectivity index (χ1v) is 6.03. The molecule has 0 N–H and O–H groups in total. The Morgan fingerprint density at radius 2 is 2.12 bits per heavy atom. The molecule has 0 radical (unpaired) electrons. The average molecular weight is 250 g/mol. The van der Waals surface area contributed by atoms with Gasteiger partial charge in [-0.15, -0.1) is 5.10 Å². The quantitative estimate of drug-likeness (QED) is 0.762. The Kier molecular flexibility index (Phi) is 2.82. The van der Waals surface area contributed by atoms with E-state index < -0.39 is 0 Å². The lowest BCUT2D eigenvalue weighted by molar-refractivity contribution is 0.104. The fourth-order valence-corrected chi connectivity index (χ4v) is 2.34. The standard InChI is InChI=1S/C11H14N4OS/c1-11(2,3)10-9(17-14-13-10)8(16)7-5-12-15(4)6-7/h5-6H,1-4H3. The molecule has 0 fully saturated rings. The number of hydrogen-bond donors (Lipinski definition) is 0. The van der Waals surface area contributed by atoms with Crippen molar-refractivity contribution in [3.05, 3.63) is 28.5 Å². The number of aromatic nitrogens is 4. The lowest BCUT2D eigenvalue weighted by Gasteiger charge is -2.15. The number of hydrogen-bond acceptors (Lipinski definition) is 5. The van der Waals surface area contributed by atoms with Gasteiger partial charge in [-0.3, -0.25) is 9.48 Å². The minimum Gasteiger partial charge on any atom is -0.287 e. The van der Waals surface area contributed by atoms with Gasteiger partial charge in [0.05, 0.1) is 17.5 Å². The Labute approximate surface area is 104 Å². The van der Waals surface area contributed by atoms with E-state index in [1.54, 1.807) is 24.1 Å². The van der Waals surface area contributed by atoms with E-state index in [2.05, 4.69) is 14.7 Å². The maximum atomic E-state index is 12.3. The van der Waals surface area contributed by atoms with E-state index in [0.717, 1.165) is 17.2 Å². The Balaban J connectivity index is 2.42. The molecule has 0 amide bonds. The molecule has 17 heavy (non-hydrogen) atoms. The second-order valence-corrected chi connectivity index (χ2v) is 5.69. The molecule has 0 aliphatic heterocycles. The monoisotopic (exact) mass is 250 g/mol. The summed E-state index contributed by atoms with van der Waals surface area (Å²) in [5, 5.41) is 8.06. The Bertz CT molecular complexity index is 550. The summed E-state index contributed by atoms with van der Waals surface area (Å²) in [6.45, 7) is 6.05. The first-order valence-electron chi connectivity index (χ1n) is 5.26. The van der Waals surface area contributed by atoms with Crippen molar-refractivity contribution < 1.29 is 4.79 Å². The molecule has 0 saturated carbocycles. The molecule has 0 aliphatic rings. The van der Waals surface area contributed by atoms with Crippen molar-refractivity contribution in [2.45, 2.75) is 26.2 Å². The SMILES string of the molecule is Cn1cc(C(=O)c2snnc2C(C)(C)C)cn1. The Hall–Kier alpha value is -1.56. The molecule has 0 saturated heterocycles. The van der Waals surface area contributed by atoms with Gasteiger partial charge < -0.3 is 0 Å². The minimum absolute atomic E-state index is 0.0574. The highest BCUT2D eigenvalue weighted by Crippen LogP contribution is 2.27. The lowest BCUT2D eigenvalue weighted by Crippen LogP contribution is -2.16. The number of ketones is 1. The van der Waals surface area contributed by atoms with Gasteiger partial charge in [0.1, 0.15) is 4.88 Å². The second kappa shape index (κ2) is 4.03. The molecular formula is C11H14N4OS. The maximum Gasteiger partial charge on any atom is 0.209 e. The minimum atomic E-state index is -0.180. The first-order chi connectivity index (χ1) is 7.89. The molecule has 2 heterocycles. The van der Waals surface area contributed by atoms with Gasteiger partial charge in [0.2, 0.25) is 5.78 Å². The first kappa shape index (κ1) is 11.9. The van der Waals surface area contributed by atoms with Crippen molar-refractivity contribution in [1.29, 1.82) is 0 Å². The van der Waals surface area contributed by atoms with Crippen molar-refractivity contribution in [3.8, 4) is 0 Å². The number of carbonyl (C=O) groups excluding carboxylic acids is 1. The van der Waals surface area contributed by atoms with Gasteiger partial charge in [-0.25, -0.2) is 0 Å². The van der Waals surface area contributed by atoms with Crippen LogP contribution in [0.15, 0.2) is 12.4 Å². The third-order valence-electron chi connectivity index (χ3n) is 2.37. The van der Waals surface area contributed by atoms with Crippen LogP contribution in [0.1, 0.15) is 41.7 Å². The molecule has 90 valence electrons. The van der Waals surface area contributed by atoms with Crippen LogP contribution < -0.4 is 0 Å². The largest absolute Gasteiger partial charge is 0.287 e. The van der Waals surface area contributed by atoms with Crippen LogP contribution in [0.25, 0.3) is 0 Å². The molecule has 2 aromatic heterocycles.